The summed E-state index contributed by atoms with van der Waals surface area (Å²) in [4.78, 5) is 24.0. The Hall–Kier alpha value is -2.30. The van der Waals surface area contributed by atoms with Gasteiger partial charge in [0.1, 0.15) is 0 Å². The van der Waals surface area contributed by atoms with E-state index in [9.17, 15) is 19.5 Å². The van der Waals surface area contributed by atoms with Crippen molar-refractivity contribution in [2.45, 2.75) is 27.7 Å². The second kappa shape index (κ2) is 7.30. The maximum absolute atomic E-state index is 13.4. The average molecular weight is 361 g/mol. The van der Waals surface area contributed by atoms with E-state index in [1.165, 1.54) is 6.92 Å². The van der Waals surface area contributed by atoms with Crippen LogP contribution in [0.2, 0.25) is 0 Å². The zero-order valence-electron chi connectivity index (χ0n) is 14.6. The lowest BCUT2D eigenvalue weighted by Gasteiger charge is -2.19. The number of benzene rings is 2. The normalized spacial score (nSPS) is 13.3. The van der Waals surface area contributed by atoms with Crippen LogP contribution in [-0.2, 0) is 9.09 Å². The third-order valence-corrected chi connectivity index (χ3v) is 6.36. The van der Waals surface area contributed by atoms with Gasteiger partial charge in [0.2, 0.25) is 0 Å². The molecule has 0 amide bonds. The zero-order chi connectivity index (χ0) is 18.8. The van der Waals surface area contributed by atoms with Gasteiger partial charge in [-0.1, -0.05) is 18.2 Å². The quantitative estimate of drug-likeness (QED) is 0.435. The van der Waals surface area contributed by atoms with E-state index in [0.717, 1.165) is 0 Å². The highest BCUT2D eigenvalue weighted by Gasteiger charge is 2.39. The first-order valence-electron chi connectivity index (χ1n) is 7.84. The molecule has 0 fully saturated rings. The Morgan fingerprint density at radius 1 is 1.16 bits per heavy atom. The Morgan fingerprint density at radius 3 is 2.28 bits per heavy atom. The summed E-state index contributed by atoms with van der Waals surface area (Å²) >= 11 is 0. The molecule has 0 aliphatic carbocycles. The number of hydrogen-bond donors (Lipinski definition) is 0. The molecule has 0 saturated heterocycles. The van der Waals surface area contributed by atoms with Crippen LogP contribution < -0.4 is 5.30 Å². The summed E-state index contributed by atoms with van der Waals surface area (Å²) < 4.78 is 18.9. The Labute approximate surface area is 146 Å². The number of hydrogen-bond acceptors (Lipinski definition) is 5. The van der Waals surface area contributed by atoms with Crippen molar-refractivity contribution in [3.63, 3.8) is 0 Å². The van der Waals surface area contributed by atoms with Crippen molar-refractivity contribution in [3.8, 4) is 0 Å². The monoisotopic (exact) mass is 361 g/mol. The lowest BCUT2D eigenvalue weighted by Crippen LogP contribution is -2.18. The maximum Gasteiger partial charge on any atom is 0.300 e. The maximum atomic E-state index is 13.4. The van der Waals surface area contributed by atoms with Crippen LogP contribution in [0.4, 0.5) is 5.69 Å². The van der Waals surface area contributed by atoms with Crippen LogP contribution in [0.25, 0.3) is 0 Å². The van der Waals surface area contributed by atoms with Crippen LogP contribution in [0.1, 0.15) is 34.0 Å². The van der Waals surface area contributed by atoms with E-state index in [4.69, 9.17) is 4.52 Å². The van der Waals surface area contributed by atoms with Crippen molar-refractivity contribution in [2.75, 3.05) is 6.61 Å². The molecular formula is C18H20NO5P. The van der Waals surface area contributed by atoms with Crippen LogP contribution in [0.3, 0.4) is 0 Å². The summed E-state index contributed by atoms with van der Waals surface area (Å²) in [5.74, 6) is 0. The molecule has 7 heteroatoms. The van der Waals surface area contributed by atoms with Crippen molar-refractivity contribution >= 4 is 23.9 Å². The molecule has 0 aromatic heterocycles. The molecule has 0 radical (unpaired) electrons. The molecule has 1 atom stereocenters. The van der Waals surface area contributed by atoms with E-state index in [2.05, 4.69) is 0 Å². The first kappa shape index (κ1) is 19.0. The van der Waals surface area contributed by atoms with Crippen LogP contribution >= 0.6 is 7.37 Å². The molecule has 1 unspecified atom stereocenters. The molecule has 132 valence electrons. The largest absolute Gasteiger partial charge is 0.320 e. The lowest BCUT2D eigenvalue weighted by molar-refractivity contribution is -0.386. The summed E-state index contributed by atoms with van der Waals surface area (Å²) in [6.07, 6.45) is 0. The van der Waals surface area contributed by atoms with Crippen LogP contribution in [0.15, 0.2) is 36.4 Å². The van der Waals surface area contributed by atoms with Gasteiger partial charge in [-0.05, 0) is 51.5 Å². The van der Waals surface area contributed by atoms with Crippen molar-refractivity contribution in [3.05, 3.63) is 68.8 Å². The minimum Gasteiger partial charge on any atom is -0.320 e. The SMILES string of the molecule is CCOP(=O)(C(=O)c1c(C)cc(C)c([N+](=O)[O-])c1C)c1ccccc1. The third kappa shape index (κ3) is 3.41. The highest BCUT2D eigenvalue weighted by atomic mass is 31.2. The lowest BCUT2D eigenvalue weighted by atomic mass is 9.98. The number of aryl methyl sites for hydroxylation is 2. The molecule has 0 aliphatic rings. The highest BCUT2D eigenvalue weighted by Crippen LogP contribution is 2.50. The zero-order valence-corrected chi connectivity index (χ0v) is 15.5. The smallest absolute Gasteiger partial charge is 0.300 e. The fraction of sp³-hybridized carbons (Fsp3) is 0.278. The molecular weight excluding hydrogens is 341 g/mol. The van der Waals surface area contributed by atoms with Crippen LogP contribution in [0, 0.1) is 30.9 Å². The first-order chi connectivity index (χ1) is 11.7. The number of nitro groups is 1. The number of rotatable bonds is 6. The van der Waals surface area contributed by atoms with Crippen LogP contribution in [0.5, 0.6) is 0 Å². The Kier molecular flexibility index (Phi) is 5.55. The predicted molar refractivity (Wildman–Crippen MR) is 96.9 cm³/mol. The van der Waals surface area contributed by atoms with Gasteiger partial charge in [0.05, 0.1) is 11.5 Å². The van der Waals surface area contributed by atoms with E-state index in [1.54, 1.807) is 57.2 Å². The molecule has 0 spiro atoms. The van der Waals surface area contributed by atoms with Gasteiger partial charge in [-0.25, -0.2) is 0 Å². The van der Waals surface area contributed by atoms with Crippen LogP contribution in [-0.4, -0.2) is 17.1 Å². The summed E-state index contributed by atoms with van der Waals surface area (Å²) in [5, 5.41) is 11.6. The molecule has 0 aliphatic heterocycles. The van der Waals surface area contributed by atoms with Gasteiger partial charge in [0, 0.05) is 22.0 Å². The van der Waals surface area contributed by atoms with Gasteiger partial charge in [0.25, 0.3) is 11.2 Å². The van der Waals surface area contributed by atoms with E-state index >= 15 is 0 Å². The van der Waals surface area contributed by atoms with Gasteiger partial charge in [-0.15, -0.1) is 0 Å². The molecule has 0 heterocycles. The second-order valence-electron chi connectivity index (χ2n) is 5.73. The number of carbonyl (C=O) groups excluding carboxylic acids is 1. The minimum atomic E-state index is -3.87. The third-order valence-electron chi connectivity index (χ3n) is 4.00. The molecule has 6 nitrogen and oxygen atoms in total. The predicted octanol–water partition coefficient (Wildman–Crippen LogP) is 4.30. The molecule has 2 rings (SSSR count). The van der Waals surface area contributed by atoms with Gasteiger partial charge in [0.15, 0.2) is 0 Å². The highest BCUT2D eigenvalue weighted by molar-refractivity contribution is 7.83. The Morgan fingerprint density at radius 2 is 1.76 bits per heavy atom. The van der Waals surface area contributed by atoms with Crippen molar-refractivity contribution < 1.29 is 18.8 Å². The number of carbonyl (C=O) groups is 1. The fourth-order valence-corrected chi connectivity index (χ4v) is 5.06. The number of nitrogens with zero attached hydrogens (tertiary/aromatic N) is 1. The van der Waals surface area contributed by atoms with Crippen molar-refractivity contribution in [1.29, 1.82) is 0 Å². The average Bonchev–Trinajstić information content (AvgIpc) is 2.54. The first-order valence-corrected chi connectivity index (χ1v) is 9.46. The van der Waals surface area contributed by atoms with Crippen molar-refractivity contribution in [1.82, 2.24) is 0 Å². The van der Waals surface area contributed by atoms with E-state index in [0.29, 0.717) is 11.1 Å². The fourth-order valence-electron chi connectivity index (χ4n) is 2.99. The minimum absolute atomic E-state index is 0.0873. The Balaban J connectivity index is 2.72. The van der Waals surface area contributed by atoms with Crippen molar-refractivity contribution in [2.24, 2.45) is 0 Å². The second-order valence-corrected chi connectivity index (χ2v) is 8.01. The number of nitro benzene ring substituents is 1. The molecule has 2 aromatic rings. The van der Waals surface area contributed by atoms with Gasteiger partial charge >= 0.3 is 7.37 Å². The molecule has 2 aromatic carbocycles. The summed E-state index contributed by atoms with van der Waals surface area (Å²) in [6, 6.07) is 9.80. The molecule has 0 bridgehead atoms. The summed E-state index contributed by atoms with van der Waals surface area (Å²) in [5.41, 5.74) is 0.467. The molecule has 0 N–H and O–H groups in total. The topological polar surface area (TPSA) is 86.5 Å². The van der Waals surface area contributed by atoms with E-state index in [1.807, 2.05) is 0 Å². The van der Waals surface area contributed by atoms with Gasteiger partial charge in [-0.3, -0.25) is 19.5 Å². The molecule has 25 heavy (non-hydrogen) atoms. The standard InChI is InChI=1S/C18H20NO5P/c1-5-24-25(23,15-9-7-6-8-10-15)18(20)16-12(2)11-13(3)17(14(16)4)19(21)22/h6-11H,5H2,1-4H3. The summed E-state index contributed by atoms with van der Waals surface area (Å²) in [6.45, 7) is 6.54. The van der Waals surface area contributed by atoms with E-state index < -0.39 is 17.8 Å². The summed E-state index contributed by atoms with van der Waals surface area (Å²) in [7, 11) is -3.87. The van der Waals surface area contributed by atoms with Gasteiger partial charge in [-0.2, -0.15) is 0 Å². The van der Waals surface area contributed by atoms with E-state index in [-0.39, 0.29) is 28.7 Å². The molecule has 0 saturated carbocycles. The Bertz CT molecular complexity index is 877. The van der Waals surface area contributed by atoms with Gasteiger partial charge < -0.3 is 4.52 Å².